The number of carboxylic acid groups (broad SMARTS) is 1. The molecule has 2 aliphatic rings. The standard InChI is InChI=1S/C75H106N20O20/c1-5-6-17-50(88-70(111)56(39-97)92-68(109)53(32-42-23-25-44(99)26-24-42)90-69(110)55(38-96)84-41(4)98)67(108)89-51(27-28-61(102)103)64(105)82-35-58-72(113)87-48-19-10-8-16-46(48)73(114)95(58)37-60(101)85-49(21-13-30-80-75(78)79)66(107)91-54(33-43-34-81-47-18-9-7-15-45(43)47)65(106)83-36-59(100)86-52(20-11-12-29-76)74(115)94-31-14-22-57(94)71(112)93-62(40(2)3)63(77)104/h7-10,15-16,18-19,23-26,34,40,49-58,62,81,96-97,99H,5-6,11-14,17,20-22,27-33,35-39,76H2,1-4H3,(H2,77,104)(H,82,105)(H,83,106)(H,84,98)(H,85,101)(H,86,100)(H,87,113)(H,88,111)(H,89,108)(H,90,110)(H,91,107)(H,92,109)(H,93,112)(H,102,103)(H4,78,79,80)/t49-,50-,51-,52-,53-,54-,55-,56-,57-,58?,62-/m0/s1. The fraction of sp³-hybridized carbons (Fsp3) is 0.507. The third-order valence-corrected chi connectivity index (χ3v) is 19.1. The van der Waals surface area contributed by atoms with Gasteiger partial charge >= 0.3 is 5.97 Å². The van der Waals surface area contributed by atoms with Crippen molar-refractivity contribution in [2.75, 3.05) is 57.8 Å². The molecule has 3 heterocycles. The zero-order chi connectivity index (χ0) is 84.6. The molecule has 3 aromatic carbocycles. The van der Waals surface area contributed by atoms with Crippen molar-refractivity contribution >= 4 is 117 Å². The first-order chi connectivity index (χ1) is 54.8. The van der Waals surface area contributed by atoms with Crippen molar-refractivity contribution in [3.63, 3.8) is 0 Å². The summed E-state index contributed by atoms with van der Waals surface area (Å²) in [6.45, 7) is 2.01. The number of phenolic OH excluding ortho intramolecular Hbond substituents is 1. The van der Waals surface area contributed by atoms with Crippen LogP contribution in [-0.2, 0) is 84.8 Å². The molecule has 0 radical (unpaired) electrons. The zero-order valence-corrected chi connectivity index (χ0v) is 64.4. The number of nitrogens with one attached hydrogen (secondary N) is 15. The first kappa shape index (κ1) is 91.5. The molecule has 1 aromatic heterocycles. The number of nitrogens with two attached hydrogens (primary N) is 3. The highest BCUT2D eigenvalue weighted by Crippen LogP contribution is 2.26. The highest BCUT2D eigenvalue weighted by atomic mass is 16.4. The number of primary amides is 1. The number of aromatic hydroxyl groups is 1. The zero-order valence-electron chi connectivity index (χ0n) is 64.4. The van der Waals surface area contributed by atoms with Crippen LogP contribution in [0.1, 0.15) is 126 Å². The van der Waals surface area contributed by atoms with E-state index in [2.05, 4.69) is 74.1 Å². The number of unbranched alkanes of at least 4 members (excludes halogenated alkanes) is 2. The first-order valence-corrected chi connectivity index (χ1v) is 37.9. The van der Waals surface area contributed by atoms with Crippen LogP contribution < -0.4 is 86.3 Å². The number of amides is 15. The summed E-state index contributed by atoms with van der Waals surface area (Å²) in [6.07, 6.45) is 1.61. The van der Waals surface area contributed by atoms with Crippen LogP contribution in [0.2, 0.25) is 0 Å². The number of hydrogen-bond donors (Lipinski definition) is 22. The van der Waals surface area contributed by atoms with E-state index in [-0.39, 0.29) is 93.9 Å². The number of benzene rings is 3. The number of aromatic nitrogens is 1. The van der Waals surface area contributed by atoms with Gasteiger partial charge in [0, 0.05) is 62.9 Å². The molecular formula is C75H106N20O20. The van der Waals surface area contributed by atoms with Gasteiger partial charge < -0.3 is 122 Å². The molecule has 40 nitrogen and oxygen atoms in total. The first-order valence-electron chi connectivity index (χ1n) is 37.9. The summed E-state index contributed by atoms with van der Waals surface area (Å²) in [4.78, 5) is 227. The number of fused-ring (bicyclic) bond motifs is 2. The van der Waals surface area contributed by atoms with E-state index >= 15 is 0 Å². The Morgan fingerprint density at radius 1 is 0.617 bits per heavy atom. The van der Waals surface area contributed by atoms with Crippen LogP contribution in [0.15, 0.2) is 79.0 Å². The Balaban J connectivity index is 1.22. The van der Waals surface area contributed by atoms with Crippen molar-refractivity contribution < 1.29 is 97.1 Å². The van der Waals surface area contributed by atoms with Gasteiger partial charge in [-0.3, -0.25) is 82.1 Å². The molecule has 15 amide bonds. The van der Waals surface area contributed by atoms with E-state index in [0.717, 1.165) is 11.8 Å². The van der Waals surface area contributed by atoms with Gasteiger partial charge in [-0.1, -0.05) is 76.1 Å². The third kappa shape index (κ3) is 28.1. The second-order valence-corrected chi connectivity index (χ2v) is 28.2. The molecule has 1 fully saturated rings. The number of H-pyrrole nitrogens is 1. The lowest BCUT2D eigenvalue weighted by Crippen LogP contribution is -2.61. The Morgan fingerprint density at radius 2 is 1.18 bits per heavy atom. The number of carboxylic acids is 1. The van der Waals surface area contributed by atoms with Crippen LogP contribution in [0.5, 0.6) is 5.75 Å². The fourth-order valence-electron chi connectivity index (χ4n) is 13.0. The molecule has 115 heavy (non-hydrogen) atoms. The van der Waals surface area contributed by atoms with E-state index in [4.69, 9.17) is 22.6 Å². The maximum Gasteiger partial charge on any atom is 0.303 e. The normalized spacial score (nSPS) is 16.1. The average molecular weight is 1610 g/mol. The number of rotatable bonds is 46. The Kier molecular flexibility index (Phi) is 36.1. The lowest BCUT2D eigenvalue weighted by molar-refractivity contribution is -0.142. The van der Waals surface area contributed by atoms with E-state index in [1.807, 2.05) is 0 Å². The molecule has 1 unspecified atom stereocenters. The fourth-order valence-corrected chi connectivity index (χ4v) is 13.0. The van der Waals surface area contributed by atoms with Crippen molar-refractivity contribution in [1.82, 2.24) is 78.6 Å². The highest BCUT2D eigenvalue weighted by molar-refractivity contribution is 6.11. The number of phenols is 1. The van der Waals surface area contributed by atoms with Crippen molar-refractivity contribution in [2.24, 2.45) is 23.1 Å². The summed E-state index contributed by atoms with van der Waals surface area (Å²) in [7, 11) is 0. The number of aliphatic hydroxyl groups excluding tert-OH is 2. The van der Waals surface area contributed by atoms with Gasteiger partial charge in [-0.15, -0.1) is 0 Å². The Labute approximate surface area is 662 Å². The Hall–Kier alpha value is -12.3. The molecule has 1 saturated heterocycles. The second kappa shape index (κ2) is 45.4. The SMILES string of the molecule is CCCC[C@H](NC(=O)[C@H](CO)NC(=O)[C@H](Cc1ccc(O)cc1)NC(=O)[C@H](CO)NC(C)=O)C(=O)N[C@@H](CCC(=O)O)C(=O)NCC1C(=O)Nc2ccccc2C(=O)N1CC(=O)N[C@@H](CCCNC(=N)N)C(=O)N[C@@H](Cc1c[nH]c2ccccc12)C(=O)NCC(=O)N[C@@H](CCCCN)C(=O)N1CCC[C@H]1C(=O)N[C@H](C(N)=O)C(C)C. The smallest absolute Gasteiger partial charge is 0.303 e. The molecule has 4 aromatic rings. The maximum atomic E-state index is 14.9. The third-order valence-electron chi connectivity index (χ3n) is 19.1. The van der Waals surface area contributed by atoms with Crippen LogP contribution in [0.3, 0.4) is 0 Å². The van der Waals surface area contributed by atoms with Crippen molar-refractivity contribution in [3.8, 4) is 5.75 Å². The van der Waals surface area contributed by atoms with E-state index in [1.54, 1.807) is 51.2 Å². The van der Waals surface area contributed by atoms with Gasteiger partial charge in [0.25, 0.3) is 5.91 Å². The summed E-state index contributed by atoms with van der Waals surface area (Å²) in [6, 6.07) is 1.71. The van der Waals surface area contributed by atoms with Crippen LogP contribution in [0.25, 0.3) is 10.9 Å². The molecular weight excluding hydrogens is 1500 g/mol. The highest BCUT2D eigenvalue weighted by Gasteiger charge is 2.42. The van der Waals surface area contributed by atoms with Crippen LogP contribution in [0, 0.1) is 11.3 Å². The summed E-state index contributed by atoms with van der Waals surface area (Å²) in [5.74, 6) is -16.2. The van der Waals surface area contributed by atoms with Gasteiger partial charge in [0.1, 0.15) is 78.8 Å². The van der Waals surface area contributed by atoms with E-state index in [0.29, 0.717) is 47.7 Å². The molecule has 6 rings (SSSR count). The number of anilines is 1. The molecule has 0 aliphatic carbocycles. The molecule has 626 valence electrons. The van der Waals surface area contributed by atoms with E-state index < -0.39 is 213 Å². The van der Waals surface area contributed by atoms with Gasteiger partial charge in [-0.25, -0.2) is 0 Å². The van der Waals surface area contributed by atoms with Crippen molar-refractivity contribution in [1.29, 1.82) is 5.41 Å². The second-order valence-electron chi connectivity index (χ2n) is 28.2. The number of para-hydroxylation sites is 2. The average Bonchev–Trinajstić information content (AvgIpc) is 1.68. The van der Waals surface area contributed by atoms with Crippen molar-refractivity contribution in [2.45, 2.75) is 184 Å². The number of aromatic amines is 1. The number of carbonyl (C=O) groups is 16. The van der Waals surface area contributed by atoms with Crippen LogP contribution in [0.4, 0.5) is 5.69 Å². The maximum absolute atomic E-state index is 14.9. The molecule has 25 N–H and O–H groups in total. The lowest BCUT2D eigenvalue weighted by Gasteiger charge is -2.30. The van der Waals surface area contributed by atoms with Crippen LogP contribution in [-0.4, -0.2) is 255 Å². The molecule has 0 saturated carbocycles. The summed E-state index contributed by atoms with van der Waals surface area (Å²) < 4.78 is 0. The summed E-state index contributed by atoms with van der Waals surface area (Å²) in [5.41, 5.74) is 18.3. The minimum Gasteiger partial charge on any atom is -0.508 e. The number of nitrogens with zero attached hydrogens (tertiary/aromatic N) is 2. The molecule has 2 aliphatic heterocycles. The molecule has 0 spiro atoms. The lowest BCUT2D eigenvalue weighted by atomic mass is 10.0. The van der Waals surface area contributed by atoms with Crippen LogP contribution >= 0.6 is 0 Å². The minimum atomic E-state index is -1.83. The van der Waals surface area contributed by atoms with Gasteiger partial charge in [-0.2, -0.15) is 0 Å². The largest absolute Gasteiger partial charge is 0.508 e. The molecule has 11 atom stereocenters. The monoisotopic (exact) mass is 1610 g/mol. The Morgan fingerprint density at radius 3 is 1.81 bits per heavy atom. The van der Waals surface area contributed by atoms with E-state index in [1.165, 1.54) is 53.4 Å². The number of hydrogen-bond acceptors (Lipinski definition) is 21. The van der Waals surface area contributed by atoms with Gasteiger partial charge in [0.2, 0.25) is 82.7 Å². The number of aliphatic carboxylic acids is 1. The molecule has 40 heteroatoms. The predicted molar refractivity (Wildman–Crippen MR) is 414 cm³/mol. The summed E-state index contributed by atoms with van der Waals surface area (Å²) >= 11 is 0. The van der Waals surface area contributed by atoms with Crippen molar-refractivity contribution in [3.05, 3.63) is 95.7 Å². The van der Waals surface area contributed by atoms with E-state index in [9.17, 15) is 97.1 Å². The topological polar surface area (TPSA) is 635 Å². The number of carbonyl (C=O) groups excluding carboxylic acids is 15. The predicted octanol–water partition coefficient (Wildman–Crippen LogP) is -4.70. The number of likely N-dealkylation sites (tertiary alicyclic amines) is 1. The molecule has 0 bridgehead atoms. The van der Waals surface area contributed by atoms with Gasteiger partial charge in [0.15, 0.2) is 5.96 Å². The number of aliphatic hydroxyl groups is 2. The van der Waals surface area contributed by atoms with Gasteiger partial charge in [-0.05, 0) is 112 Å². The van der Waals surface area contributed by atoms with Gasteiger partial charge in [0.05, 0.1) is 31.0 Å². The summed E-state index contributed by atoms with van der Waals surface area (Å²) in [5, 5.41) is 81.0. The number of guanidine groups is 1. The Bertz CT molecular complexity index is 4140. The quantitative estimate of drug-likeness (QED) is 0.0112. The minimum absolute atomic E-state index is 0.0146.